The maximum Gasteiger partial charge on any atom is 1.00 e. The molecule has 0 amide bonds. The van der Waals surface area contributed by atoms with Crippen LogP contribution in [0, 0.1) is 46.9 Å². The number of phenols is 2. The molecule has 4 aromatic heterocycles. The molecule has 8 aromatic rings. The molecule has 0 bridgehead atoms. The maximum absolute atomic E-state index is 15.1. The SMILES string of the molecule is BrCCCBr.COCOc1c(O)cc2sc(C(=O)C[C@H](C)C(=O)OC)cc2c1F.COCOc1c(OCCCBr)cc2sc(C(=O)C[C@H](C)C(=O)OC)cc2c1F.COCOc1cc2sc(C(=O)C[C@H](C)C(=O)OC)cc2c(F)c1O.COCOc1cc2sc(C(=O)C[C@H](C)C(=O)OC)cc2c(F)c1OCCCBr.O=CO[O-].[H-].[K+].[K+]. The molecule has 8 rings (SSSR count). The Labute approximate surface area is 796 Å². The molecule has 0 aliphatic carbocycles. The molecular weight excluding hydrogens is 1920 g/mol. The van der Waals surface area contributed by atoms with Gasteiger partial charge in [0.1, 0.15) is 0 Å². The number of esters is 4. The van der Waals surface area contributed by atoms with Crippen molar-refractivity contribution >= 4 is 203 Å². The Kier molecular flexibility index (Phi) is 55.6. The zero-order valence-electron chi connectivity index (χ0n) is 66.3. The van der Waals surface area contributed by atoms with E-state index in [2.05, 4.69) is 87.6 Å². The monoisotopic (exact) mass is 2000 g/mol. The van der Waals surface area contributed by atoms with Gasteiger partial charge in [-0.05, 0) is 43.5 Å². The number of fused-ring (bicyclic) bond motifs is 4. The molecule has 0 unspecified atom stereocenters. The summed E-state index contributed by atoms with van der Waals surface area (Å²) in [6, 6.07) is 11.8. The van der Waals surface area contributed by atoms with E-state index < -0.39 is 76.6 Å². The van der Waals surface area contributed by atoms with E-state index in [0.29, 0.717) is 57.9 Å². The number of Topliss-reactive ketones (excluding diaryl/α,β-unsaturated/α-hetero) is 4. The van der Waals surface area contributed by atoms with Gasteiger partial charge in [0.05, 0.1) is 84.8 Å². The Balaban J connectivity index is 0.00000146. The molecule has 0 spiro atoms. The molecular formula is C74H86Br4F4K2O27S4. The van der Waals surface area contributed by atoms with Crippen molar-refractivity contribution in [1.82, 2.24) is 0 Å². The summed E-state index contributed by atoms with van der Waals surface area (Å²) in [4.78, 5) is 108. The van der Waals surface area contributed by atoms with Crippen LogP contribution < -0.4 is 136 Å². The average Bonchev–Trinajstić information content (AvgIpc) is 1.57. The molecule has 115 heavy (non-hydrogen) atoms. The molecule has 0 radical (unpaired) electrons. The molecule has 0 fully saturated rings. The van der Waals surface area contributed by atoms with Crippen LogP contribution >= 0.6 is 109 Å². The van der Waals surface area contributed by atoms with Crippen molar-refractivity contribution in [3.05, 3.63) is 91.3 Å². The largest absolute Gasteiger partial charge is 1.00 e. The summed E-state index contributed by atoms with van der Waals surface area (Å²) in [7, 11) is 10.7. The number of hydrogen-bond acceptors (Lipinski definition) is 31. The van der Waals surface area contributed by atoms with E-state index >= 15 is 8.78 Å². The summed E-state index contributed by atoms with van der Waals surface area (Å²) in [5.74, 6) is -9.14. The second kappa shape index (κ2) is 58.8. The Morgan fingerprint density at radius 2 is 0.678 bits per heavy atom. The van der Waals surface area contributed by atoms with Crippen LogP contribution in [0.5, 0.6) is 46.0 Å². The van der Waals surface area contributed by atoms with Crippen LogP contribution in [0.2, 0.25) is 0 Å². The van der Waals surface area contributed by atoms with Crippen molar-refractivity contribution in [3.8, 4) is 46.0 Å². The van der Waals surface area contributed by atoms with Gasteiger partial charge in [-0.1, -0.05) is 91.4 Å². The molecule has 27 nitrogen and oxygen atoms in total. The number of rotatable bonds is 39. The van der Waals surface area contributed by atoms with Gasteiger partial charge in [0.25, 0.3) is 6.47 Å². The number of ether oxygens (including phenoxy) is 14. The molecule has 4 atom stereocenters. The number of halogens is 8. The minimum atomic E-state index is -0.866. The summed E-state index contributed by atoms with van der Waals surface area (Å²) in [5.41, 5.74) is 0. The molecule has 4 heterocycles. The van der Waals surface area contributed by atoms with E-state index in [9.17, 15) is 57.4 Å². The van der Waals surface area contributed by atoms with Gasteiger partial charge in [0.15, 0.2) is 114 Å². The van der Waals surface area contributed by atoms with Gasteiger partial charge in [-0.25, -0.2) is 17.6 Å². The number of ketones is 4. The van der Waals surface area contributed by atoms with Gasteiger partial charge in [-0.15, -0.1) is 45.3 Å². The van der Waals surface area contributed by atoms with Gasteiger partial charge in [0, 0.05) is 140 Å². The van der Waals surface area contributed by atoms with Gasteiger partial charge >= 0.3 is 127 Å². The second-order valence-electron chi connectivity index (χ2n) is 23.3. The fourth-order valence-corrected chi connectivity index (χ4v) is 15.3. The molecule has 0 aliphatic rings. The second-order valence-corrected chi connectivity index (χ2v) is 30.8. The number of alkyl halides is 4. The molecule has 4 aromatic carbocycles. The van der Waals surface area contributed by atoms with E-state index in [4.69, 9.17) is 57.4 Å². The number of aromatic hydroxyl groups is 2. The van der Waals surface area contributed by atoms with Crippen molar-refractivity contribution in [1.29, 1.82) is 0 Å². The standard InChI is InChI=1S/2C19H22BrFO6S.2C16H17FO6S.C3H6Br2.CH2O3.2K.H/c1-11(19(23)25-3)7-13(22)16-8-12-15(28-16)9-14(27-10-24-2)18(17(12)21)26-6-4-5-20;1-11(19(23)25-3)7-13(22)16-8-12-15(28-16)9-14(26-6-4-5-20)18(17(12)21)27-10-24-2;1-8(16(20)22-3)4-10(18)13-5-9-12(24-13)6-11(23-7-21-2)15(19)14(9)17;1-8(16(20)22-3)4-10(18)13-5-9-12(24-13)6-11(19)15(14(9)17)23-7-21-2;4-2-1-3-5;2-1-4-3;;;/h2*8-9,11H,4-7,10H2,1-3H3;2*5-6,8,19H,4,7H2,1-3H3;1-3H2;1,3H;;;/q;;;;;;2*+1;-1/p-1/t2*11-;2*8-;;;;;/m0000...../s1. The third-order valence-electron chi connectivity index (χ3n) is 14.9. The molecule has 2 N–H and O–H groups in total. The summed E-state index contributed by atoms with van der Waals surface area (Å²) in [6.07, 6.45) is 2.55. The molecule has 41 heteroatoms. The zero-order valence-corrected chi connectivity index (χ0v) is 81.1. The fraction of sp³-hybridized carbons (Fsp3) is 0.446. The third kappa shape index (κ3) is 34.4. The Morgan fingerprint density at radius 3 is 0.991 bits per heavy atom. The maximum atomic E-state index is 15.1. The van der Waals surface area contributed by atoms with Crippen LogP contribution in [0.1, 0.15) is 113 Å². The van der Waals surface area contributed by atoms with Crippen LogP contribution in [-0.4, -0.2) is 182 Å². The van der Waals surface area contributed by atoms with Crippen molar-refractivity contribution < 1.29 is 252 Å². The first-order valence-electron chi connectivity index (χ1n) is 33.5. The smallest absolute Gasteiger partial charge is 1.00 e. The fourth-order valence-electron chi connectivity index (χ4n) is 9.34. The normalized spacial score (nSPS) is 11.5. The Morgan fingerprint density at radius 1 is 0.409 bits per heavy atom. The molecule has 626 valence electrons. The van der Waals surface area contributed by atoms with E-state index in [1.54, 1.807) is 39.8 Å². The molecule has 0 saturated carbocycles. The van der Waals surface area contributed by atoms with Gasteiger partial charge < -0.3 is 88.1 Å². The van der Waals surface area contributed by atoms with Crippen molar-refractivity contribution in [2.75, 3.05) is 119 Å². The Bertz CT molecular complexity index is 4390. The van der Waals surface area contributed by atoms with Crippen LogP contribution in [0.3, 0.4) is 0 Å². The molecule has 0 aliphatic heterocycles. The van der Waals surface area contributed by atoms with Crippen molar-refractivity contribution in [2.45, 2.75) is 72.6 Å². The van der Waals surface area contributed by atoms with Gasteiger partial charge in [-0.3, -0.25) is 43.2 Å². The summed E-state index contributed by atoms with van der Waals surface area (Å²) < 4.78 is 131. The summed E-state index contributed by atoms with van der Waals surface area (Å²) in [6.45, 7) is 6.35. The summed E-state index contributed by atoms with van der Waals surface area (Å²) >= 11 is 17.6. The van der Waals surface area contributed by atoms with E-state index in [-0.39, 0.29) is 248 Å². The van der Waals surface area contributed by atoms with Crippen LogP contribution in [0.4, 0.5) is 17.6 Å². The molecule has 0 saturated heterocycles. The average molecular weight is 2010 g/mol. The van der Waals surface area contributed by atoms with Crippen LogP contribution in [0.25, 0.3) is 40.3 Å². The van der Waals surface area contributed by atoms with Crippen LogP contribution in [0.15, 0.2) is 48.5 Å². The zero-order chi connectivity index (χ0) is 84.6. The number of thiophene rings is 4. The van der Waals surface area contributed by atoms with Gasteiger partial charge in [-0.2, -0.15) is 0 Å². The number of phenolic OH excluding ortho intramolecular Hbond substituents is 2. The van der Waals surface area contributed by atoms with E-state index in [1.807, 2.05) is 0 Å². The first kappa shape index (κ1) is 109. The van der Waals surface area contributed by atoms with Crippen molar-refractivity contribution in [2.24, 2.45) is 23.7 Å². The first-order valence-corrected chi connectivity index (χ1v) is 41.3. The minimum absolute atomic E-state index is 0. The topological polar surface area (TPSA) is 356 Å². The summed E-state index contributed by atoms with van der Waals surface area (Å²) in [5, 5.41) is 32.6. The number of methoxy groups -OCH3 is 8. The minimum Gasteiger partial charge on any atom is -1.00 e. The third-order valence-corrected chi connectivity index (χ3v) is 21.7. The van der Waals surface area contributed by atoms with Crippen molar-refractivity contribution in [3.63, 3.8) is 0 Å². The predicted octanol–water partition coefficient (Wildman–Crippen LogP) is 10.1. The Hall–Kier alpha value is -4.14. The number of hydrogen-bond donors (Lipinski definition) is 2. The van der Waals surface area contributed by atoms with Crippen LogP contribution in [-0.2, 0) is 66.8 Å². The number of carbonyl (C=O) groups excluding carboxylic acids is 9. The van der Waals surface area contributed by atoms with E-state index in [1.165, 1.54) is 99.7 Å². The van der Waals surface area contributed by atoms with Gasteiger partial charge in [0.2, 0.25) is 5.75 Å². The number of carbonyl (C=O) groups is 9. The number of benzene rings is 4. The predicted molar refractivity (Wildman–Crippen MR) is 429 cm³/mol. The first-order chi connectivity index (χ1) is 53.9. The van der Waals surface area contributed by atoms with E-state index in [0.717, 1.165) is 73.1 Å². The quantitative estimate of drug-likeness (QED) is 0.00309.